The summed E-state index contributed by atoms with van der Waals surface area (Å²) in [6, 6.07) is 16.1. The minimum atomic E-state index is -0.424. The zero-order valence-corrected chi connectivity index (χ0v) is 12.9. The molecule has 5 heteroatoms. The fraction of sp³-hybridized carbons (Fsp3) is 0.188. The molecule has 0 heterocycles. The Kier molecular flexibility index (Phi) is 5.78. The number of rotatable bonds is 6. The Labute approximate surface area is 131 Å². The van der Waals surface area contributed by atoms with E-state index in [1.54, 1.807) is 12.1 Å². The van der Waals surface area contributed by atoms with Crippen LogP contribution in [0.1, 0.15) is 11.6 Å². The topological polar surface area (TPSA) is 58.6 Å². The van der Waals surface area contributed by atoms with Crippen LogP contribution in [0.4, 0.5) is 0 Å². The average molecular weight is 350 g/mol. The molecule has 0 aliphatic carbocycles. The van der Waals surface area contributed by atoms with Gasteiger partial charge in [-0.2, -0.15) is 0 Å². The molecule has 0 aliphatic heterocycles. The maximum absolute atomic E-state index is 11.9. The molecular formula is C16H16BrNO3. The highest BCUT2D eigenvalue weighted by Crippen LogP contribution is 2.16. The van der Waals surface area contributed by atoms with Crippen LogP contribution in [0.25, 0.3) is 0 Å². The molecule has 2 rings (SSSR count). The molecule has 0 fully saturated rings. The van der Waals surface area contributed by atoms with Gasteiger partial charge in [0, 0.05) is 4.47 Å². The summed E-state index contributed by atoms with van der Waals surface area (Å²) >= 11 is 3.33. The summed E-state index contributed by atoms with van der Waals surface area (Å²) in [5, 5.41) is 12.1. The van der Waals surface area contributed by atoms with E-state index in [1.165, 1.54) is 0 Å². The molecule has 2 aromatic rings. The minimum absolute atomic E-state index is 0.0923. The van der Waals surface area contributed by atoms with Gasteiger partial charge in [-0.05, 0) is 29.8 Å². The standard InChI is InChI=1S/C16H16BrNO3/c17-13-6-8-14(9-7-13)21-11-16(20)18-15(10-19)12-4-2-1-3-5-12/h1-9,15,19H,10-11H2,(H,18,20)/t15-/m1/s1. The number of halogens is 1. The minimum Gasteiger partial charge on any atom is -0.484 e. The van der Waals surface area contributed by atoms with Crippen molar-refractivity contribution in [2.24, 2.45) is 0 Å². The van der Waals surface area contributed by atoms with Crippen LogP contribution in [0.5, 0.6) is 5.75 Å². The molecule has 0 saturated heterocycles. The van der Waals surface area contributed by atoms with Gasteiger partial charge in [-0.3, -0.25) is 4.79 Å². The normalized spacial score (nSPS) is 11.7. The molecule has 4 nitrogen and oxygen atoms in total. The van der Waals surface area contributed by atoms with E-state index in [1.807, 2.05) is 42.5 Å². The Hall–Kier alpha value is -1.85. The summed E-state index contributed by atoms with van der Waals surface area (Å²) in [5.41, 5.74) is 0.858. The van der Waals surface area contributed by atoms with E-state index in [4.69, 9.17) is 4.74 Å². The Morgan fingerprint density at radius 3 is 2.43 bits per heavy atom. The fourth-order valence-electron chi connectivity index (χ4n) is 1.84. The van der Waals surface area contributed by atoms with Gasteiger partial charge in [0.05, 0.1) is 12.6 Å². The molecule has 0 unspecified atom stereocenters. The van der Waals surface area contributed by atoms with Crippen LogP contribution in [0.2, 0.25) is 0 Å². The molecule has 0 aliphatic rings. The van der Waals surface area contributed by atoms with Gasteiger partial charge >= 0.3 is 0 Å². The Morgan fingerprint density at radius 2 is 1.81 bits per heavy atom. The smallest absolute Gasteiger partial charge is 0.258 e. The van der Waals surface area contributed by atoms with E-state index in [0.717, 1.165) is 10.0 Å². The predicted octanol–water partition coefficient (Wildman–Crippen LogP) is 2.68. The van der Waals surface area contributed by atoms with E-state index in [9.17, 15) is 9.90 Å². The first-order chi connectivity index (χ1) is 10.2. The Morgan fingerprint density at radius 1 is 1.14 bits per heavy atom. The van der Waals surface area contributed by atoms with Crippen LogP contribution in [0, 0.1) is 0 Å². The van der Waals surface area contributed by atoms with Crippen LogP contribution in [0.15, 0.2) is 59.1 Å². The van der Waals surface area contributed by atoms with E-state index >= 15 is 0 Å². The summed E-state index contributed by atoms with van der Waals surface area (Å²) in [6.45, 7) is -0.251. The van der Waals surface area contributed by atoms with Crippen LogP contribution in [-0.2, 0) is 4.79 Å². The van der Waals surface area contributed by atoms with Crippen molar-refractivity contribution in [2.75, 3.05) is 13.2 Å². The summed E-state index contributed by atoms with van der Waals surface area (Å²) in [6.07, 6.45) is 0. The molecule has 0 spiro atoms. The number of hydrogen-bond donors (Lipinski definition) is 2. The largest absolute Gasteiger partial charge is 0.484 e. The lowest BCUT2D eigenvalue weighted by atomic mass is 10.1. The fourth-order valence-corrected chi connectivity index (χ4v) is 2.10. The van der Waals surface area contributed by atoms with Crippen molar-refractivity contribution in [1.29, 1.82) is 0 Å². The van der Waals surface area contributed by atoms with Crippen molar-refractivity contribution >= 4 is 21.8 Å². The van der Waals surface area contributed by atoms with E-state index < -0.39 is 6.04 Å². The lowest BCUT2D eigenvalue weighted by molar-refractivity contribution is -0.124. The van der Waals surface area contributed by atoms with Crippen LogP contribution >= 0.6 is 15.9 Å². The van der Waals surface area contributed by atoms with Gasteiger partial charge in [0.15, 0.2) is 6.61 Å². The zero-order valence-electron chi connectivity index (χ0n) is 11.3. The van der Waals surface area contributed by atoms with Crippen LogP contribution in [0.3, 0.4) is 0 Å². The number of carbonyl (C=O) groups is 1. The maximum atomic E-state index is 11.9. The highest BCUT2D eigenvalue weighted by Gasteiger charge is 2.13. The third-order valence-corrected chi connectivity index (χ3v) is 3.43. The second-order valence-corrected chi connectivity index (χ2v) is 5.37. The molecule has 2 N–H and O–H groups in total. The second kappa shape index (κ2) is 7.81. The lowest BCUT2D eigenvalue weighted by Gasteiger charge is -2.17. The zero-order chi connectivity index (χ0) is 15.1. The third-order valence-electron chi connectivity index (χ3n) is 2.90. The highest BCUT2D eigenvalue weighted by molar-refractivity contribution is 9.10. The van der Waals surface area contributed by atoms with E-state index in [0.29, 0.717) is 5.75 Å². The molecule has 0 aromatic heterocycles. The lowest BCUT2D eigenvalue weighted by Crippen LogP contribution is -2.34. The summed E-state index contributed by atoms with van der Waals surface area (Å²) in [5.74, 6) is 0.342. The molecular weight excluding hydrogens is 334 g/mol. The number of hydrogen-bond acceptors (Lipinski definition) is 3. The van der Waals surface area contributed by atoms with Gasteiger partial charge in [-0.15, -0.1) is 0 Å². The molecule has 110 valence electrons. The molecule has 2 aromatic carbocycles. The Balaban J connectivity index is 1.87. The number of nitrogens with one attached hydrogen (secondary N) is 1. The van der Waals surface area contributed by atoms with Crippen molar-refractivity contribution in [3.8, 4) is 5.75 Å². The number of aliphatic hydroxyl groups is 1. The number of ether oxygens (including phenoxy) is 1. The third kappa shape index (κ3) is 4.88. The highest BCUT2D eigenvalue weighted by atomic mass is 79.9. The SMILES string of the molecule is O=C(COc1ccc(Br)cc1)N[C@H](CO)c1ccccc1. The summed E-state index contributed by atoms with van der Waals surface area (Å²) in [7, 11) is 0. The van der Waals surface area contributed by atoms with Crippen LogP contribution in [-0.4, -0.2) is 24.2 Å². The first-order valence-corrected chi connectivity index (χ1v) is 7.32. The molecule has 1 amide bonds. The first kappa shape index (κ1) is 15.5. The van der Waals surface area contributed by atoms with Crippen molar-refractivity contribution in [3.05, 3.63) is 64.6 Å². The van der Waals surface area contributed by atoms with Crippen molar-refractivity contribution in [2.45, 2.75) is 6.04 Å². The van der Waals surface area contributed by atoms with E-state index in [-0.39, 0.29) is 19.1 Å². The number of benzene rings is 2. The quantitative estimate of drug-likeness (QED) is 0.842. The van der Waals surface area contributed by atoms with Gasteiger partial charge in [0.1, 0.15) is 5.75 Å². The second-order valence-electron chi connectivity index (χ2n) is 4.46. The number of aliphatic hydroxyl groups excluding tert-OH is 1. The monoisotopic (exact) mass is 349 g/mol. The van der Waals surface area contributed by atoms with Crippen molar-refractivity contribution in [3.63, 3.8) is 0 Å². The summed E-state index contributed by atoms with van der Waals surface area (Å²) in [4.78, 5) is 11.9. The maximum Gasteiger partial charge on any atom is 0.258 e. The number of amides is 1. The molecule has 21 heavy (non-hydrogen) atoms. The Bertz CT molecular complexity index is 572. The summed E-state index contributed by atoms with van der Waals surface area (Å²) < 4.78 is 6.34. The van der Waals surface area contributed by atoms with Gasteiger partial charge < -0.3 is 15.2 Å². The van der Waals surface area contributed by atoms with Gasteiger partial charge in [0.25, 0.3) is 5.91 Å². The molecule has 1 atom stereocenters. The van der Waals surface area contributed by atoms with Crippen molar-refractivity contribution < 1.29 is 14.6 Å². The number of carbonyl (C=O) groups excluding carboxylic acids is 1. The predicted molar refractivity (Wildman–Crippen MR) is 84.0 cm³/mol. The molecule has 0 bridgehead atoms. The van der Waals surface area contributed by atoms with Crippen LogP contribution < -0.4 is 10.1 Å². The first-order valence-electron chi connectivity index (χ1n) is 6.52. The average Bonchev–Trinajstić information content (AvgIpc) is 2.53. The van der Waals surface area contributed by atoms with Crippen molar-refractivity contribution in [1.82, 2.24) is 5.32 Å². The van der Waals surface area contributed by atoms with Gasteiger partial charge in [-0.25, -0.2) is 0 Å². The van der Waals surface area contributed by atoms with Gasteiger partial charge in [-0.1, -0.05) is 46.3 Å². The molecule has 0 saturated carbocycles. The molecule has 0 radical (unpaired) electrons. The van der Waals surface area contributed by atoms with Gasteiger partial charge in [0.2, 0.25) is 0 Å². The van der Waals surface area contributed by atoms with E-state index in [2.05, 4.69) is 21.2 Å².